The van der Waals surface area contributed by atoms with Gasteiger partial charge in [-0.25, -0.2) is 4.98 Å². The number of amides is 1. The fourth-order valence-corrected chi connectivity index (χ4v) is 1.99. The monoisotopic (exact) mass is 220 g/mol. The maximum absolute atomic E-state index is 11.8. The van der Waals surface area contributed by atoms with Gasteiger partial charge in [-0.3, -0.25) is 9.78 Å². The normalized spacial score (nSPS) is 19.9. The minimum absolute atomic E-state index is 0.0945. The van der Waals surface area contributed by atoms with Crippen LogP contribution in [0.25, 0.3) is 0 Å². The molecule has 2 heterocycles. The number of anilines is 1. The summed E-state index contributed by atoms with van der Waals surface area (Å²) in [6, 6.07) is 0. The Bertz CT molecular complexity index is 366. The van der Waals surface area contributed by atoms with E-state index < -0.39 is 0 Å². The van der Waals surface area contributed by atoms with E-state index in [1.165, 1.54) is 0 Å². The molecule has 0 unspecified atom stereocenters. The van der Waals surface area contributed by atoms with Gasteiger partial charge in [-0.2, -0.15) is 0 Å². The summed E-state index contributed by atoms with van der Waals surface area (Å²) >= 11 is 0. The number of aromatic nitrogens is 2. The fourth-order valence-electron chi connectivity index (χ4n) is 1.99. The number of carbonyl (C=O) groups excluding carboxylic acids is 1. The van der Waals surface area contributed by atoms with Gasteiger partial charge < -0.3 is 9.80 Å². The zero-order valence-electron chi connectivity index (χ0n) is 9.63. The largest absolute Gasteiger partial charge is 0.355 e. The zero-order chi connectivity index (χ0) is 11.5. The van der Waals surface area contributed by atoms with E-state index >= 15 is 0 Å². The third-order valence-corrected chi connectivity index (χ3v) is 2.85. The van der Waals surface area contributed by atoms with Crippen molar-refractivity contribution in [2.45, 2.75) is 6.42 Å². The van der Waals surface area contributed by atoms with Crippen molar-refractivity contribution in [2.75, 3.05) is 32.1 Å². The van der Waals surface area contributed by atoms with Crippen LogP contribution >= 0.6 is 0 Å². The predicted molar refractivity (Wildman–Crippen MR) is 61.0 cm³/mol. The highest BCUT2D eigenvalue weighted by Gasteiger charge is 2.29. The van der Waals surface area contributed by atoms with Gasteiger partial charge in [0.1, 0.15) is 5.82 Å². The van der Waals surface area contributed by atoms with Crippen LogP contribution < -0.4 is 4.90 Å². The van der Waals surface area contributed by atoms with E-state index in [4.69, 9.17) is 0 Å². The molecule has 1 atom stereocenters. The molecule has 0 saturated carbocycles. The minimum Gasteiger partial charge on any atom is -0.355 e. The molecule has 86 valence electrons. The van der Waals surface area contributed by atoms with Gasteiger partial charge in [0.05, 0.1) is 12.1 Å². The molecule has 1 aliphatic rings. The predicted octanol–water partition coefficient (Wildman–Crippen LogP) is 0.391. The van der Waals surface area contributed by atoms with Gasteiger partial charge in [0.2, 0.25) is 5.91 Å². The lowest BCUT2D eigenvalue weighted by Gasteiger charge is -2.18. The summed E-state index contributed by atoms with van der Waals surface area (Å²) in [5.74, 6) is 1.15. The van der Waals surface area contributed by atoms with Gasteiger partial charge in [-0.1, -0.05) is 0 Å². The zero-order valence-corrected chi connectivity index (χ0v) is 9.63. The van der Waals surface area contributed by atoms with Crippen molar-refractivity contribution in [2.24, 2.45) is 5.92 Å². The molecule has 1 aromatic heterocycles. The second-order valence-electron chi connectivity index (χ2n) is 4.23. The summed E-state index contributed by atoms with van der Waals surface area (Å²) in [7, 11) is 3.60. The molecule has 0 bridgehead atoms. The maximum atomic E-state index is 11.8. The van der Waals surface area contributed by atoms with Crippen LogP contribution in [-0.4, -0.2) is 48.0 Å². The fraction of sp³-hybridized carbons (Fsp3) is 0.545. The average Bonchev–Trinajstić information content (AvgIpc) is 2.78. The van der Waals surface area contributed by atoms with Crippen LogP contribution in [0.4, 0.5) is 5.82 Å². The molecule has 0 aliphatic carbocycles. The van der Waals surface area contributed by atoms with E-state index in [-0.39, 0.29) is 11.8 Å². The van der Waals surface area contributed by atoms with Crippen LogP contribution in [-0.2, 0) is 4.79 Å². The Morgan fingerprint density at radius 1 is 1.50 bits per heavy atom. The van der Waals surface area contributed by atoms with Gasteiger partial charge in [-0.05, 0) is 6.42 Å². The molecule has 5 nitrogen and oxygen atoms in total. The highest BCUT2D eigenvalue weighted by Crippen LogP contribution is 2.22. The Labute approximate surface area is 95.1 Å². The van der Waals surface area contributed by atoms with E-state index in [1.807, 2.05) is 0 Å². The lowest BCUT2D eigenvalue weighted by Crippen LogP contribution is -2.32. The van der Waals surface area contributed by atoms with Gasteiger partial charge in [0.25, 0.3) is 0 Å². The van der Waals surface area contributed by atoms with Gasteiger partial charge >= 0.3 is 0 Å². The molecule has 1 amide bonds. The molecule has 0 aromatic carbocycles. The SMILES string of the molecule is CN(C)C(=O)[C@H]1CCN(c2cnccn2)C1. The first-order valence-corrected chi connectivity index (χ1v) is 5.40. The van der Waals surface area contributed by atoms with E-state index in [0.717, 1.165) is 25.3 Å². The lowest BCUT2D eigenvalue weighted by atomic mass is 10.1. The summed E-state index contributed by atoms with van der Waals surface area (Å²) < 4.78 is 0. The molecule has 1 saturated heterocycles. The third kappa shape index (κ3) is 2.13. The quantitative estimate of drug-likeness (QED) is 0.723. The van der Waals surface area contributed by atoms with Crippen LogP contribution in [0.1, 0.15) is 6.42 Å². The standard InChI is InChI=1S/C11H16N4O/c1-14(2)11(16)9-3-6-15(8-9)10-7-12-4-5-13-10/h4-5,7,9H,3,6,8H2,1-2H3/t9-/m0/s1. The van der Waals surface area contributed by atoms with E-state index in [9.17, 15) is 4.79 Å². The number of carbonyl (C=O) groups is 1. The number of hydrogen-bond donors (Lipinski definition) is 0. The number of rotatable bonds is 2. The average molecular weight is 220 g/mol. The van der Waals surface area contributed by atoms with Crippen LogP contribution in [0.3, 0.4) is 0 Å². The summed E-state index contributed by atoms with van der Waals surface area (Å²) in [5, 5.41) is 0. The van der Waals surface area contributed by atoms with E-state index in [2.05, 4.69) is 14.9 Å². The van der Waals surface area contributed by atoms with Crippen molar-refractivity contribution in [3.05, 3.63) is 18.6 Å². The Kier molecular flexibility index (Phi) is 3.03. The molecule has 2 rings (SSSR count). The summed E-state index contributed by atoms with van der Waals surface area (Å²) in [6.45, 7) is 1.62. The first-order chi connectivity index (χ1) is 7.68. The van der Waals surface area contributed by atoms with E-state index in [0.29, 0.717) is 0 Å². The molecule has 0 N–H and O–H groups in total. The second-order valence-corrected chi connectivity index (χ2v) is 4.23. The topological polar surface area (TPSA) is 49.3 Å². The van der Waals surface area contributed by atoms with Crippen LogP contribution in [0.2, 0.25) is 0 Å². The lowest BCUT2D eigenvalue weighted by molar-refractivity contribution is -0.132. The van der Waals surface area contributed by atoms with Crippen molar-refractivity contribution in [1.29, 1.82) is 0 Å². The van der Waals surface area contributed by atoms with Crippen molar-refractivity contribution >= 4 is 11.7 Å². The van der Waals surface area contributed by atoms with Crippen molar-refractivity contribution in [3.8, 4) is 0 Å². The van der Waals surface area contributed by atoms with Crippen molar-refractivity contribution < 1.29 is 4.79 Å². The highest BCUT2D eigenvalue weighted by molar-refractivity contribution is 5.79. The van der Waals surface area contributed by atoms with Crippen molar-refractivity contribution in [3.63, 3.8) is 0 Å². The first kappa shape index (κ1) is 10.9. The molecular formula is C11H16N4O. The summed E-state index contributed by atoms with van der Waals surface area (Å²) in [6.07, 6.45) is 5.97. The molecule has 5 heteroatoms. The molecule has 16 heavy (non-hydrogen) atoms. The van der Waals surface area contributed by atoms with Gasteiger partial charge in [0.15, 0.2) is 0 Å². The molecule has 1 aliphatic heterocycles. The highest BCUT2D eigenvalue weighted by atomic mass is 16.2. The second kappa shape index (κ2) is 4.47. The first-order valence-electron chi connectivity index (χ1n) is 5.40. The Morgan fingerprint density at radius 3 is 2.94 bits per heavy atom. The third-order valence-electron chi connectivity index (χ3n) is 2.85. The Balaban J connectivity index is 2.01. The summed E-state index contributed by atoms with van der Waals surface area (Å²) in [4.78, 5) is 23.8. The molecule has 1 aromatic rings. The maximum Gasteiger partial charge on any atom is 0.227 e. The molecule has 1 fully saturated rings. The number of hydrogen-bond acceptors (Lipinski definition) is 4. The van der Waals surface area contributed by atoms with Crippen LogP contribution in [0.15, 0.2) is 18.6 Å². The van der Waals surface area contributed by atoms with Crippen LogP contribution in [0.5, 0.6) is 0 Å². The van der Waals surface area contributed by atoms with Crippen LogP contribution in [0, 0.1) is 5.92 Å². The van der Waals surface area contributed by atoms with Gasteiger partial charge in [-0.15, -0.1) is 0 Å². The molecule has 0 radical (unpaired) electrons. The van der Waals surface area contributed by atoms with Gasteiger partial charge in [0, 0.05) is 39.6 Å². The molecule has 0 spiro atoms. The summed E-state index contributed by atoms with van der Waals surface area (Å²) in [5.41, 5.74) is 0. The Morgan fingerprint density at radius 2 is 2.31 bits per heavy atom. The van der Waals surface area contributed by atoms with Crippen molar-refractivity contribution in [1.82, 2.24) is 14.9 Å². The smallest absolute Gasteiger partial charge is 0.227 e. The van der Waals surface area contributed by atoms with E-state index in [1.54, 1.807) is 37.6 Å². The minimum atomic E-state index is 0.0945. The Hall–Kier alpha value is -1.65. The molecular weight excluding hydrogens is 204 g/mol. The number of nitrogens with zero attached hydrogens (tertiary/aromatic N) is 4.